The summed E-state index contributed by atoms with van der Waals surface area (Å²) in [7, 11) is 0. The maximum atomic E-state index is 12.3. The van der Waals surface area contributed by atoms with E-state index < -0.39 is 0 Å². The van der Waals surface area contributed by atoms with Gasteiger partial charge in [-0.2, -0.15) is 0 Å². The molecule has 1 aliphatic carbocycles. The summed E-state index contributed by atoms with van der Waals surface area (Å²) >= 11 is 1.51. The predicted molar refractivity (Wildman–Crippen MR) is 112 cm³/mol. The number of amides is 1. The molecule has 0 atom stereocenters. The van der Waals surface area contributed by atoms with Crippen molar-refractivity contribution in [1.82, 2.24) is 24.8 Å². The van der Waals surface area contributed by atoms with E-state index in [4.69, 9.17) is 20.2 Å². The van der Waals surface area contributed by atoms with E-state index in [2.05, 4.69) is 22.2 Å². The van der Waals surface area contributed by atoms with E-state index in [-0.39, 0.29) is 12.7 Å². The van der Waals surface area contributed by atoms with Crippen molar-refractivity contribution in [3.63, 3.8) is 0 Å². The van der Waals surface area contributed by atoms with Crippen LogP contribution in [0.5, 0.6) is 11.5 Å². The molecule has 1 amide bonds. The van der Waals surface area contributed by atoms with Crippen molar-refractivity contribution in [3.05, 3.63) is 24.0 Å². The molecule has 0 spiro atoms. The molecular formula is C20H22N6O3S. The molecular weight excluding hydrogens is 404 g/mol. The molecule has 3 aromatic rings. The molecule has 1 aliphatic heterocycles. The largest absolute Gasteiger partial charge is 0.454 e. The molecule has 2 aliphatic rings. The van der Waals surface area contributed by atoms with Crippen LogP contribution in [0.15, 0.2) is 28.5 Å². The fourth-order valence-corrected chi connectivity index (χ4v) is 4.51. The number of nitrogens with zero attached hydrogens (tertiary/aromatic N) is 4. The minimum atomic E-state index is 0.0367. The lowest BCUT2D eigenvalue weighted by atomic mass is 10.1. The number of fused-ring (bicyclic) bond motifs is 2. The van der Waals surface area contributed by atoms with Crippen molar-refractivity contribution >= 4 is 34.7 Å². The van der Waals surface area contributed by atoms with Gasteiger partial charge in [0.05, 0.1) is 0 Å². The Morgan fingerprint density at radius 2 is 2.10 bits per heavy atom. The topological polar surface area (TPSA) is 117 Å². The quantitative estimate of drug-likeness (QED) is 0.592. The Balaban J connectivity index is 1.49. The van der Waals surface area contributed by atoms with Gasteiger partial charge in [-0.3, -0.25) is 4.79 Å². The monoisotopic (exact) mass is 426 g/mol. The number of nitrogens with one attached hydrogen (secondary N) is 1. The zero-order chi connectivity index (χ0) is 20.7. The maximum absolute atomic E-state index is 12.3. The highest BCUT2D eigenvalue weighted by Crippen LogP contribution is 2.41. The number of hydrogen-bond donors (Lipinski definition) is 2. The highest BCUT2D eigenvalue weighted by Gasteiger charge is 2.24. The number of hydrogen-bond acceptors (Lipinski definition) is 8. The molecule has 0 unspecified atom stereocenters. The van der Waals surface area contributed by atoms with Crippen LogP contribution in [0.1, 0.15) is 31.7 Å². The summed E-state index contributed by atoms with van der Waals surface area (Å²) < 4.78 is 13.0. The van der Waals surface area contributed by atoms with Gasteiger partial charge >= 0.3 is 0 Å². The molecule has 0 bridgehead atoms. The van der Waals surface area contributed by atoms with Gasteiger partial charge in [0.2, 0.25) is 12.7 Å². The van der Waals surface area contributed by atoms with Gasteiger partial charge in [-0.25, -0.2) is 15.0 Å². The van der Waals surface area contributed by atoms with E-state index >= 15 is 0 Å². The standard InChI is InChI=1S/C20H22N6O3S/c1-2-11-7-13-14(29-10-28-13)8-15(11)30-20-25-17-18(21)22-9-23-19(17)26(20)6-5-16(27)24-12-3-4-12/h7-9,12H,2-6,10H2,1H3,(H,24,27)(H2,21,22,23). The summed E-state index contributed by atoms with van der Waals surface area (Å²) in [5, 5.41) is 3.74. The van der Waals surface area contributed by atoms with Crippen LogP contribution in [0.25, 0.3) is 11.2 Å². The van der Waals surface area contributed by atoms with E-state index in [0.29, 0.717) is 41.1 Å². The van der Waals surface area contributed by atoms with Crippen LogP contribution in [-0.2, 0) is 17.8 Å². The molecule has 1 aromatic carbocycles. The van der Waals surface area contributed by atoms with E-state index in [9.17, 15) is 4.79 Å². The predicted octanol–water partition coefficient (Wildman–Crippen LogP) is 2.52. The third kappa shape index (κ3) is 3.62. The third-order valence-electron chi connectivity index (χ3n) is 5.17. The maximum Gasteiger partial charge on any atom is 0.231 e. The fraction of sp³-hybridized carbons (Fsp3) is 0.400. The summed E-state index contributed by atoms with van der Waals surface area (Å²) in [5.74, 6) is 1.84. The Morgan fingerprint density at radius 3 is 2.87 bits per heavy atom. The van der Waals surface area contributed by atoms with Gasteiger partial charge in [-0.05, 0) is 37.0 Å². The molecule has 1 saturated carbocycles. The van der Waals surface area contributed by atoms with Gasteiger partial charge in [0.1, 0.15) is 6.33 Å². The highest BCUT2D eigenvalue weighted by molar-refractivity contribution is 7.99. The first-order chi connectivity index (χ1) is 14.6. The van der Waals surface area contributed by atoms with Gasteiger partial charge in [-0.1, -0.05) is 18.7 Å². The normalized spacial score (nSPS) is 15.0. The number of ether oxygens (including phenoxy) is 2. The molecule has 0 radical (unpaired) electrons. The van der Waals surface area contributed by atoms with Crippen molar-refractivity contribution < 1.29 is 14.3 Å². The summed E-state index contributed by atoms with van der Waals surface area (Å²) in [6, 6.07) is 4.32. The Kier molecular flexibility index (Phi) is 4.86. The first-order valence-corrected chi connectivity index (χ1v) is 10.8. The lowest BCUT2D eigenvalue weighted by Gasteiger charge is -2.11. The molecule has 156 valence electrons. The number of carbonyl (C=O) groups is 1. The van der Waals surface area contributed by atoms with Gasteiger partial charge in [0.25, 0.3) is 0 Å². The molecule has 3 N–H and O–H groups in total. The number of rotatable bonds is 7. The number of imidazole rings is 1. The lowest BCUT2D eigenvalue weighted by Crippen LogP contribution is -2.26. The first-order valence-electron chi connectivity index (χ1n) is 9.98. The van der Waals surface area contributed by atoms with E-state index in [1.807, 2.05) is 16.7 Å². The van der Waals surface area contributed by atoms with Crippen LogP contribution in [0.4, 0.5) is 5.82 Å². The number of anilines is 1. The Hall–Kier alpha value is -3.01. The van der Waals surface area contributed by atoms with Gasteiger partial charge in [-0.15, -0.1) is 0 Å². The Bertz CT molecular complexity index is 1130. The number of aryl methyl sites for hydroxylation is 2. The van der Waals surface area contributed by atoms with Gasteiger partial charge < -0.3 is 25.1 Å². The number of aromatic nitrogens is 4. The van der Waals surface area contributed by atoms with E-state index in [1.54, 1.807) is 0 Å². The summed E-state index contributed by atoms with van der Waals surface area (Å²) in [4.78, 5) is 26.4. The molecule has 5 rings (SSSR count). The second-order valence-corrected chi connectivity index (χ2v) is 8.35. The summed E-state index contributed by atoms with van der Waals surface area (Å²) in [6.45, 7) is 2.78. The minimum Gasteiger partial charge on any atom is -0.454 e. The summed E-state index contributed by atoms with van der Waals surface area (Å²) in [5.41, 5.74) is 8.34. The van der Waals surface area contributed by atoms with Gasteiger partial charge in [0, 0.05) is 23.9 Å². The smallest absolute Gasteiger partial charge is 0.231 e. The number of nitrogen functional groups attached to an aromatic ring is 1. The van der Waals surface area contributed by atoms with Crippen molar-refractivity contribution in [2.75, 3.05) is 12.5 Å². The Morgan fingerprint density at radius 1 is 1.30 bits per heavy atom. The van der Waals surface area contributed by atoms with Crippen LogP contribution in [-0.4, -0.2) is 38.3 Å². The number of carbonyl (C=O) groups excluding carboxylic acids is 1. The lowest BCUT2D eigenvalue weighted by molar-refractivity contribution is -0.121. The van der Waals surface area contributed by atoms with Crippen LogP contribution in [0.3, 0.4) is 0 Å². The zero-order valence-electron chi connectivity index (χ0n) is 16.6. The minimum absolute atomic E-state index is 0.0367. The van der Waals surface area contributed by atoms with Crippen LogP contribution in [0, 0.1) is 0 Å². The number of benzene rings is 1. The third-order valence-corrected chi connectivity index (χ3v) is 6.26. The molecule has 10 heteroatoms. The van der Waals surface area contributed by atoms with Crippen LogP contribution < -0.4 is 20.5 Å². The second-order valence-electron chi connectivity index (χ2n) is 7.34. The van der Waals surface area contributed by atoms with Crippen molar-refractivity contribution in [1.29, 1.82) is 0 Å². The zero-order valence-corrected chi connectivity index (χ0v) is 17.4. The van der Waals surface area contributed by atoms with Crippen molar-refractivity contribution in [2.24, 2.45) is 0 Å². The molecule has 1 fully saturated rings. The molecule has 0 saturated heterocycles. The average molecular weight is 427 g/mol. The van der Waals surface area contributed by atoms with Crippen molar-refractivity contribution in [2.45, 2.75) is 55.2 Å². The molecule has 9 nitrogen and oxygen atoms in total. The molecule has 30 heavy (non-hydrogen) atoms. The van der Waals surface area contributed by atoms with Crippen LogP contribution in [0.2, 0.25) is 0 Å². The Labute approximate surface area is 177 Å². The highest BCUT2D eigenvalue weighted by atomic mass is 32.2. The van der Waals surface area contributed by atoms with Crippen LogP contribution >= 0.6 is 11.8 Å². The average Bonchev–Trinajstić information content (AvgIpc) is 3.30. The fourth-order valence-electron chi connectivity index (χ4n) is 3.39. The SMILES string of the molecule is CCc1cc2c(cc1Sc1nc3c(N)ncnc3n1CCC(=O)NC1CC1)OCO2. The van der Waals surface area contributed by atoms with Crippen molar-refractivity contribution in [3.8, 4) is 11.5 Å². The number of nitrogens with two attached hydrogens (primary N) is 1. The second kappa shape index (κ2) is 7.67. The molecule has 2 aromatic heterocycles. The van der Waals surface area contributed by atoms with E-state index in [1.165, 1.54) is 18.1 Å². The van der Waals surface area contributed by atoms with E-state index in [0.717, 1.165) is 41.2 Å². The first kappa shape index (κ1) is 19.0. The summed E-state index contributed by atoms with van der Waals surface area (Å²) in [6.07, 6.45) is 4.74. The van der Waals surface area contributed by atoms with Gasteiger partial charge in [0.15, 0.2) is 33.6 Å². The molecule has 3 heterocycles.